The Morgan fingerprint density at radius 1 is 0.915 bits per heavy atom. The van der Waals surface area contributed by atoms with Gasteiger partial charge in [-0.25, -0.2) is 9.79 Å². The van der Waals surface area contributed by atoms with Gasteiger partial charge in [-0.1, -0.05) is 128 Å². The van der Waals surface area contributed by atoms with Gasteiger partial charge in [0.1, 0.15) is 0 Å². The van der Waals surface area contributed by atoms with E-state index in [-0.39, 0.29) is 12.2 Å². The summed E-state index contributed by atoms with van der Waals surface area (Å²) >= 11 is 1.34. The smallest absolute Gasteiger partial charge is 0.338 e. The molecule has 7 heteroatoms. The molecule has 4 aromatic carbocycles. The second kappa shape index (κ2) is 12.9. The normalized spacial score (nSPS) is 14.8. The second-order valence-corrected chi connectivity index (χ2v) is 13.0. The molecule has 0 saturated carbocycles. The summed E-state index contributed by atoms with van der Waals surface area (Å²) in [6.45, 7) is 7.00. The fraction of sp³-hybridized carbons (Fsp3) is 0.175. The third kappa shape index (κ3) is 5.79. The molecule has 0 radical (unpaired) electrons. The van der Waals surface area contributed by atoms with Crippen LogP contribution in [0.25, 0.3) is 22.7 Å². The third-order valence-electron chi connectivity index (χ3n) is 8.59. The number of para-hydroxylation sites is 1. The number of nitrogens with zero attached hydrogens (tertiary/aromatic N) is 3. The zero-order valence-electron chi connectivity index (χ0n) is 26.6. The van der Waals surface area contributed by atoms with E-state index in [0.29, 0.717) is 33.1 Å². The number of hydrogen-bond donors (Lipinski definition) is 0. The van der Waals surface area contributed by atoms with Gasteiger partial charge in [-0.15, -0.1) is 0 Å². The number of aromatic nitrogens is 2. The highest BCUT2D eigenvalue weighted by molar-refractivity contribution is 7.07. The van der Waals surface area contributed by atoms with Crippen molar-refractivity contribution in [2.75, 3.05) is 6.61 Å². The third-order valence-corrected chi connectivity index (χ3v) is 9.58. The lowest BCUT2D eigenvalue weighted by molar-refractivity contribution is -0.138. The van der Waals surface area contributed by atoms with Crippen molar-refractivity contribution >= 4 is 40.0 Å². The number of hydrogen-bond acceptors (Lipinski definition) is 5. The Morgan fingerprint density at radius 2 is 1.60 bits per heavy atom. The molecule has 0 unspecified atom stereocenters. The maximum atomic E-state index is 14.5. The minimum absolute atomic E-state index is 0.194. The molecule has 0 fully saturated rings. The lowest BCUT2D eigenvalue weighted by atomic mass is 9.91. The summed E-state index contributed by atoms with van der Waals surface area (Å²) in [5, 5.41) is 1.06. The van der Waals surface area contributed by atoms with Gasteiger partial charge >= 0.3 is 5.97 Å². The van der Waals surface area contributed by atoms with Crippen molar-refractivity contribution in [2.24, 2.45) is 4.99 Å². The van der Waals surface area contributed by atoms with Crippen LogP contribution < -0.4 is 14.9 Å². The van der Waals surface area contributed by atoms with Crippen LogP contribution in [0.2, 0.25) is 0 Å². The lowest BCUT2D eigenvalue weighted by Crippen LogP contribution is -2.40. The average Bonchev–Trinajstić information content (AvgIpc) is 3.60. The minimum Gasteiger partial charge on any atom is -0.463 e. The number of carbonyl (C=O) groups is 1. The van der Waals surface area contributed by atoms with Gasteiger partial charge in [-0.3, -0.25) is 9.36 Å². The van der Waals surface area contributed by atoms with Crippen LogP contribution >= 0.6 is 11.3 Å². The van der Waals surface area contributed by atoms with Gasteiger partial charge in [-0.05, 0) is 41.7 Å². The second-order valence-electron chi connectivity index (χ2n) is 12.0. The minimum atomic E-state index is -0.705. The number of carbonyl (C=O) groups excluding carboxylic acids is 1. The summed E-state index contributed by atoms with van der Waals surface area (Å²) in [7, 11) is 0. The predicted octanol–water partition coefficient (Wildman–Crippen LogP) is 7.06. The van der Waals surface area contributed by atoms with E-state index in [0.717, 1.165) is 27.6 Å². The van der Waals surface area contributed by atoms with Crippen molar-refractivity contribution in [3.63, 3.8) is 0 Å². The molecule has 0 N–H and O–H groups in total. The Hall–Kier alpha value is -5.27. The van der Waals surface area contributed by atoms with E-state index in [1.165, 1.54) is 22.5 Å². The largest absolute Gasteiger partial charge is 0.463 e. The van der Waals surface area contributed by atoms with E-state index in [1.807, 2.05) is 78.9 Å². The van der Waals surface area contributed by atoms with Crippen LogP contribution in [0, 0.1) is 0 Å². The Balaban J connectivity index is 1.45. The molecule has 1 aliphatic heterocycles. The summed E-state index contributed by atoms with van der Waals surface area (Å²) < 4.78 is 10.1. The number of benzene rings is 4. The Bertz CT molecular complexity index is 2290. The van der Waals surface area contributed by atoms with Crippen LogP contribution in [0.5, 0.6) is 0 Å². The molecule has 234 valence electrons. The maximum Gasteiger partial charge on any atom is 0.338 e. The molecular weight excluding hydrogens is 603 g/mol. The Kier molecular flexibility index (Phi) is 8.31. The monoisotopic (exact) mass is 637 g/mol. The SMILES string of the molecule is CCOC(=O)C1=C(c2ccccc2)N=c2sc(=Cc3cn(Cc4ccccc4)c4ccccc34)c(=O)n2[C@H]1c1ccc(C(C)C)cc1. The molecule has 47 heavy (non-hydrogen) atoms. The summed E-state index contributed by atoms with van der Waals surface area (Å²) in [6, 6.07) is 35.7. The van der Waals surface area contributed by atoms with Crippen LogP contribution in [0.15, 0.2) is 131 Å². The van der Waals surface area contributed by atoms with E-state index in [4.69, 9.17) is 9.73 Å². The number of ether oxygens (including phenoxy) is 1. The Morgan fingerprint density at radius 3 is 2.30 bits per heavy atom. The molecule has 0 spiro atoms. The summed E-state index contributed by atoms with van der Waals surface area (Å²) in [5.74, 6) is -0.138. The topological polar surface area (TPSA) is 65.6 Å². The first-order valence-electron chi connectivity index (χ1n) is 15.9. The summed E-state index contributed by atoms with van der Waals surface area (Å²) in [6.07, 6.45) is 4.07. The zero-order chi connectivity index (χ0) is 32.5. The van der Waals surface area contributed by atoms with E-state index < -0.39 is 12.0 Å². The van der Waals surface area contributed by atoms with Crippen molar-refractivity contribution < 1.29 is 9.53 Å². The highest BCUT2D eigenvalue weighted by Gasteiger charge is 2.35. The van der Waals surface area contributed by atoms with E-state index in [9.17, 15) is 9.59 Å². The molecule has 1 aliphatic rings. The highest BCUT2D eigenvalue weighted by atomic mass is 32.1. The first-order chi connectivity index (χ1) is 22.9. The van der Waals surface area contributed by atoms with Gasteiger partial charge in [0, 0.05) is 34.8 Å². The quantitative estimate of drug-likeness (QED) is 0.168. The van der Waals surface area contributed by atoms with Gasteiger partial charge in [0.05, 0.1) is 28.5 Å². The van der Waals surface area contributed by atoms with E-state index in [1.54, 1.807) is 11.5 Å². The molecule has 1 atom stereocenters. The fourth-order valence-electron chi connectivity index (χ4n) is 6.26. The number of rotatable bonds is 8. The molecule has 0 saturated heterocycles. The fourth-order valence-corrected chi connectivity index (χ4v) is 7.25. The molecule has 6 nitrogen and oxygen atoms in total. The average molecular weight is 638 g/mol. The van der Waals surface area contributed by atoms with Gasteiger partial charge in [0.2, 0.25) is 0 Å². The van der Waals surface area contributed by atoms with Crippen molar-refractivity contribution in [3.05, 3.63) is 168 Å². The predicted molar refractivity (Wildman–Crippen MR) is 189 cm³/mol. The number of fused-ring (bicyclic) bond motifs is 2. The van der Waals surface area contributed by atoms with Crippen molar-refractivity contribution in [2.45, 2.75) is 39.3 Å². The Labute approximate surface area is 277 Å². The molecule has 0 aliphatic carbocycles. The maximum absolute atomic E-state index is 14.5. The molecular formula is C40H35N3O3S. The van der Waals surface area contributed by atoms with Crippen LogP contribution in [-0.2, 0) is 16.1 Å². The van der Waals surface area contributed by atoms with Crippen LogP contribution in [-0.4, -0.2) is 21.7 Å². The van der Waals surface area contributed by atoms with E-state index in [2.05, 4.69) is 61.0 Å². The van der Waals surface area contributed by atoms with E-state index >= 15 is 0 Å². The van der Waals surface area contributed by atoms with Crippen molar-refractivity contribution in [3.8, 4) is 0 Å². The van der Waals surface area contributed by atoms with Crippen LogP contribution in [0.3, 0.4) is 0 Å². The summed E-state index contributed by atoms with van der Waals surface area (Å²) in [5.41, 5.74) is 6.72. The van der Waals surface area contributed by atoms with Crippen LogP contribution in [0.1, 0.15) is 60.5 Å². The zero-order valence-corrected chi connectivity index (χ0v) is 27.4. The number of thiazole rings is 1. The highest BCUT2D eigenvalue weighted by Crippen LogP contribution is 2.35. The standard InChI is InChI=1S/C40H35N3O3S/c1-4-46-39(45)35-36(29-15-9-6-10-16-29)41-40-43(37(35)30-21-19-28(20-22-30)26(2)3)38(44)34(47-40)23-31-25-42(24-27-13-7-5-8-14-27)33-18-12-11-17-32(31)33/h5-23,25-26,37H,4,24H2,1-3H3/t37-/m0/s1. The number of esters is 1. The molecule has 2 aromatic heterocycles. The van der Waals surface area contributed by atoms with Gasteiger partial charge < -0.3 is 9.30 Å². The molecule has 0 bridgehead atoms. The molecule has 7 rings (SSSR count). The first-order valence-corrected chi connectivity index (χ1v) is 16.7. The van der Waals surface area contributed by atoms with Crippen molar-refractivity contribution in [1.82, 2.24) is 9.13 Å². The lowest BCUT2D eigenvalue weighted by Gasteiger charge is -2.26. The van der Waals surface area contributed by atoms with Gasteiger partial charge in [0.25, 0.3) is 5.56 Å². The van der Waals surface area contributed by atoms with Crippen molar-refractivity contribution in [1.29, 1.82) is 0 Å². The van der Waals surface area contributed by atoms with Crippen LogP contribution in [0.4, 0.5) is 0 Å². The molecule has 6 aromatic rings. The first kappa shape index (κ1) is 30.4. The summed E-state index contributed by atoms with van der Waals surface area (Å²) in [4.78, 5) is 33.8. The van der Waals surface area contributed by atoms with Gasteiger partial charge in [0.15, 0.2) is 4.80 Å². The molecule has 3 heterocycles. The van der Waals surface area contributed by atoms with Gasteiger partial charge in [-0.2, -0.15) is 0 Å². The molecule has 0 amide bonds.